The Morgan fingerprint density at radius 2 is 0.560 bits per heavy atom. The van der Waals surface area contributed by atoms with Gasteiger partial charge in [0.05, 0.1) is 0 Å². The summed E-state index contributed by atoms with van der Waals surface area (Å²) in [6.45, 7) is 4.17. The highest BCUT2D eigenvalue weighted by molar-refractivity contribution is 4.53. The molecule has 0 aliphatic heterocycles. The van der Waals surface area contributed by atoms with E-state index in [1.54, 1.807) is 0 Å². The van der Waals surface area contributed by atoms with Gasteiger partial charge in [0.1, 0.15) is 0 Å². The van der Waals surface area contributed by atoms with Crippen molar-refractivity contribution in [2.75, 3.05) is 26.2 Å². The molecule has 0 aromatic heterocycles. The highest BCUT2D eigenvalue weighted by atomic mass is 14.8. The monoisotopic (exact) mass is 355 g/mol. The molecule has 0 bridgehead atoms. The largest absolute Gasteiger partial charge is 0.330 e. The van der Waals surface area contributed by atoms with E-state index < -0.39 is 0 Å². The lowest BCUT2D eigenvalue weighted by Crippen LogP contribution is -2.16. The third kappa shape index (κ3) is 23.9. The van der Waals surface area contributed by atoms with Gasteiger partial charge in [-0.2, -0.15) is 0 Å². The Labute approximate surface area is 159 Å². The maximum absolute atomic E-state index is 5.50. The van der Waals surface area contributed by atoms with E-state index in [0.717, 1.165) is 13.1 Å². The Morgan fingerprint density at radius 1 is 0.320 bits per heavy atom. The summed E-state index contributed by atoms with van der Waals surface area (Å²) in [6, 6.07) is 0. The molecule has 0 aliphatic carbocycles. The van der Waals surface area contributed by atoms with Gasteiger partial charge in [-0.15, -0.1) is 0 Å². The number of hydrogen-bond acceptors (Lipinski definition) is 3. The molecule has 0 spiro atoms. The standard InChI is InChI=1S/C22H49N3/c23-19-15-11-7-3-1-5-9-13-17-21-25-22-18-14-10-6-2-4-8-12-16-20-24/h25H,1-24H2. The van der Waals surface area contributed by atoms with Crippen LogP contribution in [0, 0.1) is 0 Å². The van der Waals surface area contributed by atoms with Crippen LogP contribution in [0.5, 0.6) is 0 Å². The summed E-state index contributed by atoms with van der Waals surface area (Å²) in [7, 11) is 0. The highest BCUT2D eigenvalue weighted by Crippen LogP contribution is 2.10. The number of nitrogens with two attached hydrogens (primary N) is 2. The zero-order valence-electron chi connectivity index (χ0n) is 17.2. The molecule has 3 heteroatoms. The number of nitrogens with one attached hydrogen (secondary N) is 1. The Kier molecular flexibility index (Phi) is 23.8. The van der Waals surface area contributed by atoms with Gasteiger partial charge in [0.15, 0.2) is 0 Å². The summed E-state index contributed by atoms with van der Waals surface area (Å²) in [5, 5.41) is 3.61. The first-order chi connectivity index (χ1) is 12.4. The molecule has 25 heavy (non-hydrogen) atoms. The molecule has 0 saturated carbocycles. The van der Waals surface area contributed by atoms with E-state index >= 15 is 0 Å². The second-order valence-electron chi connectivity index (χ2n) is 7.69. The Hall–Kier alpha value is -0.120. The molecule has 152 valence electrons. The smallest absolute Gasteiger partial charge is 0.00489 e. The predicted octanol–water partition coefficient (Wildman–Crippen LogP) is 5.52. The van der Waals surface area contributed by atoms with Crippen molar-refractivity contribution in [2.45, 2.75) is 116 Å². The van der Waals surface area contributed by atoms with Gasteiger partial charge < -0.3 is 16.8 Å². The van der Waals surface area contributed by atoms with E-state index in [4.69, 9.17) is 11.5 Å². The molecule has 0 heterocycles. The third-order valence-corrected chi connectivity index (χ3v) is 5.12. The Morgan fingerprint density at radius 3 is 0.840 bits per heavy atom. The second kappa shape index (κ2) is 23.9. The van der Waals surface area contributed by atoms with E-state index in [0.29, 0.717) is 0 Å². The van der Waals surface area contributed by atoms with E-state index in [-0.39, 0.29) is 0 Å². The van der Waals surface area contributed by atoms with Crippen LogP contribution < -0.4 is 16.8 Å². The van der Waals surface area contributed by atoms with Gasteiger partial charge in [-0.3, -0.25) is 0 Å². The van der Waals surface area contributed by atoms with Gasteiger partial charge in [-0.25, -0.2) is 0 Å². The topological polar surface area (TPSA) is 64.1 Å². The van der Waals surface area contributed by atoms with Crippen LogP contribution in [0.1, 0.15) is 116 Å². The summed E-state index contributed by atoms with van der Waals surface area (Å²) in [6.07, 6.45) is 24.7. The normalized spacial score (nSPS) is 11.3. The van der Waals surface area contributed by atoms with E-state index in [9.17, 15) is 0 Å². The lowest BCUT2D eigenvalue weighted by Gasteiger charge is -2.05. The van der Waals surface area contributed by atoms with Crippen molar-refractivity contribution < 1.29 is 0 Å². The van der Waals surface area contributed by atoms with Crippen LogP contribution in [0.4, 0.5) is 0 Å². The second-order valence-corrected chi connectivity index (χ2v) is 7.69. The van der Waals surface area contributed by atoms with E-state index in [2.05, 4.69) is 5.32 Å². The SMILES string of the molecule is NCCCCCCCCCCCNCCCCCCCCCCCN. The summed E-state index contributed by atoms with van der Waals surface area (Å²) in [5.41, 5.74) is 11.0. The van der Waals surface area contributed by atoms with Gasteiger partial charge in [0.25, 0.3) is 0 Å². The molecule has 0 aromatic rings. The Bertz CT molecular complexity index is 199. The average molecular weight is 356 g/mol. The molecule has 0 radical (unpaired) electrons. The fourth-order valence-corrected chi connectivity index (χ4v) is 3.39. The summed E-state index contributed by atoms with van der Waals surface area (Å²) in [4.78, 5) is 0. The van der Waals surface area contributed by atoms with Crippen LogP contribution in [-0.2, 0) is 0 Å². The molecule has 0 aromatic carbocycles. The molecular formula is C22H49N3. The zero-order chi connectivity index (χ0) is 18.3. The molecule has 5 N–H and O–H groups in total. The first-order valence-electron chi connectivity index (χ1n) is 11.5. The minimum absolute atomic E-state index is 0.864. The summed E-state index contributed by atoms with van der Waals surface area (Å²) >= 11 is 0. The third-order valence-electron chi connectivity index (χ3n) is 5.12. The van der Waals surface area contributed by atoms with Crippen molar-refractivity contribution >= 4 is 0 Å². The van der Waals surface area contributed by atoms with Crippen LogP contribution in [0.2, 0.25) is 0 Å². The molecular weight excluding hydrogens is 306 g/mol. The van der Waals surface area contributed by atoms with Crippen LogP contribution >= 0.6 is 0 Å². The van der Waals surface area contributed by atoms with Crippen LogP contribution in [0.25, 0.3) is 0 Å². The molecule has 0 unspecified atom stereocenters. The van der Waals surface area contributed by atoms with Crippen molar-refractivity contribution in [3.05, 3.63) is 0 Å². The van der Waals surface area contributed by atoms with Crippen molar-refractivity contribution in [3.63, 3.8) is 0 Å². The average Bonchev–Trinajstić information content (AvgIpc) is 2.63. The molecule has 0 fully saturated rings. The fourth-order valence-electron chi connectivity index (χ4n) is 3.39. The molecule has 0 amide bonds. The van der Waals surface area contributed by atoms with Crippen molar-refractivity contribution in [3.8, 4) is 0 Å². The van der Waals surface area contributed by atoms with Crippen LogP contribution in [0.3, 0.4) is 0 Å². The van der Waals surface area contributed by atoms with Crippen molar-refractivity contribution in [1.82, 2.24) is 5.32 Å². The number of rotatable bonds is 22. The first kappa shape index (κ1) is 24.9. The van der Waals surface area contributed by atoms with E-state index in [1.165, 1.54) is 129 Å². The number of hydrogen-bond donors (Lipinski definition) is 3. The number of unbranched alkanes of at least 4 members (excludes halogenated alkanes) is 16. The van der Waals surface area contributed by atoms with Gasteiger partial charge in [-0.1, -0.05) is 89.9 Å². The Balaban J connectivity index is 2.94. The molecule has 0 rings (SSSR count). The van der Waals surface area contributed by atoms with Crippen molar-refractivity contribution in [1.29, 1.82) is 0 Å². The minimum Gasteiger partial charge on any atom is -0.330 e. The minimum atomic E-state index is 0.864. The molecule has 0 saturated heterocycles. The quantitative estimate of drug-likeness (QED) is 0.224. The highest BCUT2D eigenvalue weighted by Gasteiger charge is 1.94. The molecule has 0 atom stereocenters. The zero-order valence-corrected chi connectivity index (χ0v) is 17.2. The van der Waals surface area contributed by atoms with Crippen LogP contribution in [-0.4, -0.2) is 26.2 Å². The lowest BCUT2D eigenvalue weighted by molar-refractivity contribution is 0.527. The van der Waals surface area contributed by atoms with Gasteiger partial charge in [-0.05, 0) is 51.9 Å². The predicted molar refractivity (Wildman–Crippen MR) is 114 cm³/mol. The molecule has 0 aliphatic rings. The fraction of sp³-hybridized carbons (Fsp3) is 1.00. The summed E-state index contributed by atoms with van der Waals surface area (Å²) < 4.78 is 0. The van der Waals surface area contributed by atoms with Gasteiger partial charge >= 0.3 is 0 Å². The molecule has 3 nitrogen and oxygen atoms in total. The lowest BCUT2D eigenvalue weighted by atomic mass is 10.1. The van der Waals surface area contributed by atoms with Crippen molar-refractivity contribution in [2.24, 2.45) is 11.5 Å². The van der Waals surface area contributed by atoms with Gasteiger partial charge in [0.2, 0.25) is 0 Å². The maximum atomic E-state index is 5.50. The van der Waals surface area contributed by atoms with Crippen LogP contribution in [0.15, 0.2) is 0 Å². The first-order valence-corrected chi connectivity index (χ1v) is 11.5. The summed E-state index contributed by atoms with van der Waals surface area (Å²) in [5.74, 6) is 0. The van der Waals surface area contributed by atoms with Gasteiger partial charge in [0, 0.05) is 0 Å². The maximum Gasteiger partial charge on any atom is -0.00489 e. The van der Waals surface area contributed by atoms with E-state index in [1.807, 2.05) is 0 Å².